The van der Waals surface area contributed by atoms with Gasteiger partial charge in [-0.2, -0.15) is 0 Å². The molecule has 3 heterocycles. The molecule has 3 aliphatic rings. The van der Waals surface area contributed by atoms with Crippen LogP contribution in [0.5, 0.6) is 23.1 Å². The molecule has 6 rings (SSSR count). The van der Waals surface area contributed by atoms with E-state index >= 15 is 0 Å². The van der Waals surface area contributed by atoms with Crippen LogP contribution in [0.4, 0.5) is 0 Å². The summed E-state index contributed by atoms with van der Waals surface area (Å²) in [4.78, 5) is 11.1. The van der Waals surface area contributed by atoms with E-state index < -0.39 is 0 Å². The molecule has 8 heteroatoms. The molecule has 2 unspecified atom stereocenters. The summed E-state index contributed by atoms with van der Waals surface area (Å²) in [6.45, 7) is 5.60. The fourth-order valence-electron chi connectivity index (χ4n) is 4.87. The molecule has 2 aliphatic heterocycles. The van der Waals surface area contributed by atoms with Crippen molar-refractivity contribution in [2.45, 2.75) is 25.6 Å². The van der Waals surface area contributed by atoms with Gasteiger partial charge in [0.05, 0.1) is 18.0 Å². The van der Waals surface area contributed by atoms with Crippen molar-refractivity contribution in [1.29, 1.82) is 0 Å². The molecule has 0 N–H and O–H groups in total. The van der Waals surface area contributed by atoms with Gasteiger partial charge in [-0.05, 0) is 42.7 Å². The molecule has 0 saturated carbocycles. The monoisotopic (exact) mass is 461 g/mol. The van der Waals surface area contributed by atoms with E-state index in [2.05, 4.69) is 40.0 Å². The fraction of sp³-hybridized carbons (Fsp3) is 0.385. The lowest BCUT2D eigenvalue weighted by Gasteiger charge is -2.18. The predicted octanol–water partition coefficient (Wildman–Crippen LogP) is 3.83. The first kappa shape index (κ1) is 21.3. The van der Waals surface area contributed by atoms with Crippen LogP contribution in [-0.2, 0) is 15.9 Å². The average Bonchev–Trinajstić information content (AvgIpc) is 3.52. The van der Waals surface area contributed by atoms with E-state index in [1.165, 1.54) is 23.0 Å². The highest BCUT2D eigenvalue weighted by atomic mass is 16.7. The number of allylic oxidation sites excluding steroid dienone is 1. The summed E-state index contributed by atoms with van der Waals surface area (Å²) < 4.78 is 29.0. The van der Waals surface area contributed by atoms with Gasteiger partial charge in [0.2, 0.25) is 5.88 Å². The Morgan fingerprint density at radius 2 is 1.91 bits per heavy atom. The molecule has 2 saturated heterocycles. The lowest BCUT2D eigenvalue weighted by Crippen LogP contribution is -2.28. The minimum absolute atomic E-state index is 0.177. The van der Waals surface area contributed by atoms with Crippen LogP contribution in [0.2, 0.25) is 0 Å². The predicted molar refractivity (Wildman–Crippen MR) is 127 cm³/mol. The second kappa shape index (κ2) is 8.87. The van der Waals surface area contributed by atoms with Gasteiger partial charge in [-0.3, -0.25) is 4.90 Å². The lowest BCUT2D eigenvalue weighted by molar-refractivity contribution is 0.0140. The number of ether oxygens (including phenoxy) is 5. The molecular formula is C26H27N3O5. The molecule has 0 spiro atoms. The van der Waals surface area contributed by atoms with Gasteiger partial charge in [-0.15, -0.1) is 0 Å². The Morgan fingerprint density at radius 1 is 1.06 bits per heavy atom. The van der Waals surface area contributed by atoms with Crippen molar-refractivity contribution in [2.75, 3.05) is 40.1 Å². The second-order valence-corrected chi connectivity index (χ2v) is 8.97. The Kier molecular flexibility index (Phi) is 5.57. The molecular weight excluding hydrogens is 434 g/mol. The molecule has 176 valence electrons. The smallest absolute Gasteiger partial charge is 0.230 e. The molecule has 2 aromatic carbocycles. The maximum absolute atomic E-state index is 6.17. The molecule has 2 fully saturated rings. The summed E-state index contributed by atoms with van der Waals surface area (Å²) in [6.07, 6.45) is 5.05. The van der Waals surface area contributed by atoms with E-state index in [0.29, 0.717) is 30.8 Å². The quantitative estimate of drug-likeness (QED) is 0.526. The first-order valence-electron chi connectivity index (χ1n) is 11.6. The number of likely N-dealkylation sites (tertiary alicyclic amines) is 1. The Hall–Kier alpha value is -3.20. The molecule has 0 radical (unpaired) electrons. The Morgan fingerprint density at radius 3 is 2.74 bits per heavy atom. The zero-order valence-electron chi connectivity index (χ0n) is 19.3. The van der Waals surface area contributed by atoms with Gasteiger partial charge in [0.25, 0.3) is 0 Å². The van der Waals surface area contributed by atoms with Gasteiger partial charge < -0.3 is 23.7 Å². The van der Waals surface area contributed by atoms with Crippen molar-refractivity contribution in [3.63, 3.8) is 0 Å². The van der Waals surface area contributed by atoms with Crippen LogP contribution < -0.4 is 14.2 Å². The highest BCUT2D eigenvalue weighted by Gasteiger charge is 2.38. The molecule has 0 bridgehead atoms. The summed E-state index contributed by atoms with van der Waals surface area (Å²) in [5, 5.41) is 0.764. The van der Waals surface area contributed by atoms with Crippen molar-refractivity contribution in [3.05, 3.63) is 53.4 Å². The lowest BCUT2D eigenvalue weighted by atomic mass is 10.1. The van der Waals surface area contributed by atoms with Crippen LogP contribution in [0.25, 0.3) is 17.0 Å². The van der Waals surface area contributed by atoms with Crippen molar-refractivity contribution in [2.24, 2.45) is 0 Å². The van der Waals surface area contributed by atoms with Crippen LogP contribution in [0.3, 0.4) is 0 Å². The average molecular weight is 462 g/mol. The third-order valence-electron chi connectivity index (χ3n) is 6.61. The van der Waals surface area contributed by atoms with Crippen molar-refractivity contribution < 1.29 is 23.7 Å². The normalized spacial score (nSPS) is 21.4. The number of methoxy groups -OCH3 is 1. The van der Waals surface area contributed by atoms with E-state index in [9.17, 15) is 0 Å². The number of rotatable bonds is 7. The highest BCUT2D eigenvalue weighted by molar-refractivity contribution is 5.87. The van der Waals surface area contributed by atoms with E-state index in [4.69, 9.17) is 23.7 Å². The molecule has 0 amide bonds. The largest absolute Gasteiger partial charge is 0.493 e. The molecule has 34 heavy (non-hydrogen) atoms. The minimum atomic E-state index is 0.177. The number of hydrogen-bond acceptors (Lipinski definition) is 8. The fourth-order valence-corrected chi connectivity index (χ4v) is 4.87. The topological polar surface area (TPSA) is 75.2 Å². The van der Waals surface area contributed by atoms with Gasteiger partial charge in [0.1, 0.15) is 37.7 Å². The number of nitrogens with zero attached hydrogens (tertiary/aromatic N) is 3. The Balaban J connectivity index is 1.19. The third kappa shape index (κ3) is 4.09. The minimum Gasteiger partial charge on any atom is -0.493 e. The maximum atomic E-state index is 6.17. The van der Waals surface area contributed by atoms with Crippen molar-refractivity contribution in [1.82, 2.24) is 14.9 Å². The van der Waals surface area contributed by atoms with Crippen LogP contribution in [-0.4, -0.2) is 67.2 Å². The van der Waals surface area contributed by atoms with E-state index in [-0.39, 0.29) is 12.2 Å². The van der Waals surface area contributed by atoms with Gasteiger partial charge in [0, 0.05) is 25.7 Å². The standard InChI is InChI=1S/C26H27N3O5/c1-16-7-17-3-4-19(9-18(17)8-16)34-26-20-10-22(30-2)23(11-21(20)27-14-28-26)31-6-5-29-12-24-25(13-29)33-15-32-24/h3-4,8-11,14,24-25H,5-7,12-13,15H2,1-2H3. The molecule has 8 nitrogen and oxygen atoms in total. The first-order chi connectivity index (χ1) is 16.7. The van der Waals surface area contributed by atoms with Crippen LogP contribution in [0.15, 0.2) is 42.2 Å². The van der Waals surface area contributed by atoms with Crippen LogP contribution in [0, 0.1) is 0 Å². The van der Waals surface area contributed by atoms with Gasteiger partial charge in [-0.1, -0.05) is 17.7 Å². The maximum Gasteiger partial charge on any atom is 0.230 e. The number of hydrogen-bond donors (Lipinski definition) is 0. The van der Waals surface area contributed by atoms with Crippen LogP contribution >= 0.6 is 0 Å². The van der Waals surface area contributed by atoms with Gasteiger partial charge >= 0.3 is 0 Å². The summed E-state index contributed by atoms with van der Waals surface area (Å²) >= 11 is 0. The summed E-state index contributed by atoms with van der Waals surface area (Å²) in [5.74, 6) is 2.48. The molecule has 2 atom stereocenters. The number of aromatic nitrogens is 2. The highest BCUT2D eigenvalue weighted by Crippen LogP contribution is 2.37. The van der Waals surface area contributed by atoms with Crippen molar-refractivity contribution in [3.8, 4) is 23.1 Å². The van der Waals surface area contributed by atoms with E-state index in [0.717, 1.165) is 42.7 Å². The summed E-state index contributed by atoms with van der Waals surface area (Å²) in [7, 11) is 1.63. The molecule has 1 aromatic heterocycles. The molecule has 3 aromatic rings. The SMILES string of the molecule is COc1cc2c(Oc3ccc4c(c3)C=C(C)C4)ncnc2cc1OCCN1CC2OCOC2C1. The van der Waals surface area contributed by atoms with Gasteiger partial charge in [0.15, 0.2) is 11.5 Å². The van der Waals surface area contributed by atoms with Crippen LogP contribution in [0.1, 0.15) is 18.1 Å². The summed E-state index contributed by atoms with van der Waals surface area (Å²) in [6, 6.07) is 9.90. The van der Waals surface area contributed by atoms with E-state index in [1.54, 1.807) is 7.11 Å². The molecule has 1 aliphatic carbocycles. The Labute approximate surface area is 198 Å². The number of benzene rings is 2. The third-order valence-corrected chi connectivity index (χ3v) is 6.61. The second-order valence-electron chi connectivity index (χ2n) is 8.97. The van der Waals surface area contributed by atoms with E-state index in [1.807, 2.05) is 18.2 Å². The zero-order chi connectivity index (χ0) is 23.1. The first-order valence-corrected chi connectivity index (χ1v) is 11.6. The number of fused-ring (bicyclic) bond motifs is 3. The Bertz CT molecular complexity index is 1250. The zero-order valence-corrected chi connectivity index (χ0v) is 19.3. The van der Waals surface area contributed by atoms with Gasteiger partial charge in [-0.25, -0.2) is 9.97 Å². The van der Waals surface area contributed by atoms with Crippen molar-refractivity contribution >= 4 is 17.0 Å². The summed E-state index contributed by atoms with van der Waals surface area (Å²) in [5.41, 5.74) is 4.60.